The van der Waals surface area contributed by atoms with Gasteiger partial charge in [-0.3, -0.25) is 0 Å². The third-order valence-corrected chi connectivity index (χ3v) is 2.83. The number of hydrogen-bond acceptors (Lipinski definition) is 2. The second-order valence-corrected chi connectivity index (χ2v) is 4.35. The molecule has 0 aromatic carbocycles. The van der Waals surface area contributed by atoms with Crippen LogP contribution in [0.1, 0.15) is 77.0 Å². The third kappa shape index (κ3) is 13.0. The van der Waals surface area contributed by atoms with E-state index in [0.29, 0.717) is 0 Å². The van der Waals surface area contributed by atoms with Gasteiger partial charge in [-0.2, -0.15) is 10.5 Å². The Hall–Kier alpha value is -1.02. The maximum absolute atomic E-state index is 8.36. The highest BCUT2D eigenvalue weighted by Gasteiger charge is 1.92. The number of hydrogen-bond donors (Lipinski definition) is 0. The van der Waals surface area contributed by atoms with Gasteiger partial charge in [-0.25, -0.2) is 0 Å². The van der Waals surface area contributed by atoms with Crippen LogP contribution in [-0.2, 0) is 0 Å². The molecule has 0 spiro atoms. The lowest BCUT2D eigenvalue weighted by atomic mass is 10.1. The van der Waals surface area contributed by atoms with Crippen LogP contribution in [0.3, 0.4) is 0 Å². The van der Waals surface area contributed by atoms with E-state index in [2.05, 4.69) is 12.1 Å². The topological polar surface area (TPSA) is 47.6 Å². The molecule has 0 fully saturated rings. The van der Waals surface area contributed by atoms with Crippen LogP contribution in [0.25, 0.3) is 0 Å². The van der Waals surface area contributed by atoms with E-state index < -0.39 is 0 Å². The predicted molar refractivity (Wildman–Crippen MR) is 66.6 cm³/mol. The summed E-state index contributed by atoms with van der Waals surface area (Å²) in [6.45, 7) is 0. The summed E-state index contributed by atoms with van der Waals surface area (Å²) in [7, 11) is 0. The Labute approximate surface area is 100 Å². The van der Waals surface area contributed by atoms with Crippen molar-refractivity contribution in [1.82, 2.24) is 0 Å². The summed E-state index contributed by atoms with van der Waals surface area (Å²) in [5, 5.41) is 16.7. The van der Waals surface area contributed by atoms with Crippen molar-refractivity contribution in [3.05, 3.63) is 0 Å². The molecule has 2 nitrogen and oxygen atoms in total. The van der Waals surface area contributed by atoms with E-state index in [9.17, 15) is 0 Å². The quantitative estimate of drug-likeness (QED) is 0.473. The molecule has 2 heteroatoms. The Morgan fingerprint density at radius 1 is 0.438 bits per heavy atom. The average molecular weight is 220 g/mol. The van der Waals surface area contributed by atoms with Gasteiger partial charge in [-0.1, -0.05) is 51.4 Å². The Kier molecular flexibility index (Phi) is 13.1. The van der Waals surface area contributed by atoms with E-state index in [1.54, 1.807) is 0 Å². The summed E-state index contributed by atoms with van der Waals surface area (Å²) < 4.78 is 0. The van der Waals surface area contributed by atoms with Crippen LogP contribution >= 0.6 is 0 Å². The second-order valence-electron chi connectivity index (χ2n) is 4.35. The molecule has 0 aliphatic carbocycles. The van der Waals surface area contributed by atoms with Gasteiger partial charge in [0.1, 0.15) is 0 Å². The largest absolute Gasteiger partial charge is 0.198 e. The van der Waals surface area contributed by atoms with Gasteiger partial charge in [-0.15, -0.1) is 0 Å². The van der Waals surface area contributed by atoms with E-state index in [4.69, 9.17) is 10.5 Å². The summed E-state index contributed by atoms with van der Waals surface area (Å²) in [5.41, 5.74) is 0. The van der Waals surface area contributed by atoms with E-state index in [-0.39, 0.29) is 0 Å². The molecule has 0 saturated heterocycles. The van der Waals surface area contributed by atoms with Gasteiger partial charge >= 0.3 is 0 Å². The van der Waals surface area contributed by atoms with Gasteiger partial charge in [-0.05, 0) is 12.8 Å². The highest BCUT2D eigenvalue weighted by atomic mass is 14.2. The first-order valence-electron chi connectivity index (χ1n) is 6.65. The first-order chi connectivity index (χ1) is 7.91. The minimum atomic E-state index is 0.721. The molecule has 0 radical (unpaired) electrons. The van der Waals surface area contributed by atoms with Crippen molar-refractivity contribution in [2.24, 2.45) is 0 Å². The molecule has 0 unspecified atom stereocenters. The Morgan fingerprint density at radius 3 is 0.938 bits per heavy atom. The molecule has 0 aliphatic rings. The molecule has 0 heterocycles. The van der Waals surface area contributed by atoms with Crippen molar-refractivity contribution in [2.75, 3.05) is 0 Å². The molecule has 16 heavy (non-hydrogen) atoms. The summed E-state index contributed by atoms with van der Waals surface area (Å²) in [5.74, 6) is 0. The van der Waals surface area contributed by atoms with Crippen LogP contribution in [0.15, 0.2) is 0 Å². The van der Waals surface area contributed by atoms with Crippen molar-refractivity contribution in [3.63, 3.8) is 0 Å². The van der Waals surface area contributed by atoms with E-state index in [0.717, 1.165) is 25.7 Å². The summed E-state index contributed by atoms with van der Waals surface area (Å²) in [6, 6.07) is 4.36. The molecule has 0 bridgehead atoms. The van der Waals surface area contributed by atoms with Crippen LogP contribution in [-0.4, -0.2) is 0 Å². The van der Waals surface area contributed by atoms with Gasteiger partial charge < -0.3 is 0 Å². The zero-order valence-electron chi connectivity index (χ0n) is 10.4. The Bertz CT molecular complexity index is 186. The SMILES string of the molecule is N#CCCCCCCCCCCCCC#N. The fourth-order valence-electron chi connectivity index (χ4n) is 1.82. The van der Waals surface area contributed by atoms with Gasteiger partial charge in [0.05, 0.1) is 12.1 Å². The van der Waals surface area contributed by atoms with Gasteiger partial charge in [0.2, 0.25) is 0 Å². The maximum atomic E-state index is 8.36. The molecule has 0 amide bonds. The Balaban J connectivity index is 2.89. The first-order valence-corrected chi connectivity index (χ1v) is 6.65. The van der Waals surface area contributed by atoms with E-state index >= 15 is 0 Å². The number of nitrogens with zero attached hydrogens (tertiary/aromatic N) is 2. The van der Waals surface area contributed by atoms with Gasteiger partial charge in [0.15, 0.2) is 0 Å². The molecule has 0 aliphatic heterocycles. The van der Waals surface area contributed by atoms with Crippen LogP contribution in [0, 0.1) is 22.7 Å². The highest BCUT2D eigenvalue weighted by Crippen LogP contribution is 2.11. The first kappa shape index (κ1) is 15.0. The minimum Gasteiger partial charge on any atom is -0.198 e. The molecule has 0 atom stereocenters. The standard InChI is InChI=1S/C14H24N2/c15-13-11-9-7-5-3-1-2-4-6-8-10-12-14-16/h1-12H2. The molecule has 0 aromatic rings. The second kappa shape index (κ2) is 14.0. The fourth-order valence-corrected chi connectivity index (χ4v) is 1.82. The molecular weight excluding hydrogens is 196 g/mol. The lowest BCUT2D eigenvalue weighted by molar-refractivity contribution is 0.554. The average Bonchev–Trinajstić information content (AvgIpc) is 2.31. The van der Waals surface area contributed by atoms with Crippen molar-refractivity contribution < 1.29 is 0 Å². The highest BCUT2D eigenvalue weighted by molar-refractivity contribution is 4.68. The van der Waals surface area contributed by atoms with Crippen LogP contribution in [0.2, 0.25) is 0 Å². The zero-order valence-corrected chi connectivity index (χ0v) is 10.4. The maximum Gasteiger partial charge on any atom is 0.0621 e. The molecular formula is C14H24N2. The fraction of sp³-hybridized carbons (Fsp3) is 0.857. The van der Waals surface area contributed by atoms with Crippen LogP contribution in [0.5, 0.6) is 0 Å². The zero-order chi connectivity index (χ0) is 11.9. The molecule has 0 N–H and O–H groups in total. The smallest absolute Gasteiger partial charge is 0.0621 e. The predicted octanol–water partition coefficient (Wildman–Crippen LogP) is 4.71. The van der Waals surface area contributed by atoms with Gasteiger partial charge in [0.25, 0.3) is 0 Å². The van der Waals surface area contributed by atoms with Crippen LogP contribution in [0.4, 0.5) is 0 Å². The van der Waals surface area contributed by atoms with Crippen molar-refractivity contribution in [3.8, 4) is 12.1 Å². The van der Waals surface area contributed by atoms with Crippen LogP contribution < -0.4 is 0 Å². The minimum absolute atomic E-state index is 0.721. The lowest BCUT2D eigenvalue weighted by Crippen LogP contribution is -1.82. The number of rotatable bonds is 11. The lowest BCUT2D eigenvalue weighted by Gasteiger charge is -2.00. The molecule has 0 saturated carbocycles. The monoisotopic (exact) mass is 220 g/mol. The van der Waals surface area contributed by atoms with Crippen molar-refractivity contribution in [1.29, 1.82) is 10.5 Å². The van der Waals surface area contributed by atoms with Gasteiger partial charge in [0, 0.05) is 12.8 Å². The summed E-state index contributed by atoms with van der Waals surface area (Å²) in [6.07, 6.45) is 13.9. The van der Waals surface area contributed by atoms with Crippen molar-refractivity contribution in [2.45, 2.75) is 77.0 Å². The van der Waals surface area contributed by atoms with E-state index in [1.807, 2.05) is 0 Å². The third-order valence-electron chi connectivity index (χ3n) is 2.83. The summed E-state index contributed by atoms with van der Waals surface area (Å²) >= 11 is 0. The number of nitriles is 2. The van der Waals surface area contributed by atoms with E-state index in [1.165, 1.54) is 51.4 Å². The Morgan fingerprint density at radius 2 is 0.688 bits per heavy atom. The molecule has 90 valence electrons. The molecule has 0 aromatic heterocycles. The molecule has 0 rings (SSSR count). The number of unbranched alkanes of at least 4 members (excludes halogenated alkanes) is 11. The summed E-state index contributed by atoms with van der Waals surface area (Å²) in [4.78, 5) is 0. The normalized spacial score (nSPS) is 9.62. The van der Waals surface area contributed by atoms with Crippen molar-refractivity contribution >= 4 is 0 Å².